The third-order valence-corrected chi connectivity index (χ3v) is 3.54. The maximum Gasteiger partial charge on any atom is 0.140 e. The largest absolute Gasteiger partial charge is 0.506 e. The summed E-state index contributed by atoms with van der Waals surface area (Å²) in [5.41, 5.74) is 7.66. The summed E-state index contributed by atoms with van der Waals surface area (Å²) in [7, 11) is 0. The molecule has 82 valence electrons. The van der Waals surface area contributed by atoms with E-state index in [4.69, 9.17) is 10.5 Å². The van der Waals surface area contributed by atoms with Gasteiger partial charge in [0.15, 0.2) is 0 Å². The lowest BCUT2D eigenvalue weighted by Gasteiger charge is -2.14. The summed E-state index contributed by atoms with van der Waals surface area (Å²) >= 11 is 3.36. The molecule has 0 saturated carbocycles. The molecule has 1 heterocycles. The number of hydrogen-bond acceptors (Lipinski definition) is 3. The highest BCUT2D eigenvalue weighted by Gasteiger charge is 2.22. The Morgan fingerprint density at radius 1 is 1.67 bits per heavy atom. The lowest BCUT2D eigenvalue weighted by Crippen LogP contribution is -2.09. The van der Waals surface area contributed by atoms with Crippen molar-refractivity contribution in [2.24, 2.45) is 5.73 Å². The molecule has 0 radical (unpaired) electrons. The van der Waals surface area contributed by atoms with E-state index in [2.05, 4.69) is 15.9 Å². The molecule has 0 aromatic heterocycles. The van der Waals surface area contributed by atoms with E-state index in [0.717, 1.165) is 23.3 Å². The van der Waals surface area contributed by atoms with Gasteiger partial charge in [0.25, 0.3) is 0 Å². The molecule has 3 nitrogen and oxygen atoms in total. The summed E-state index contributed by atoms with van der Waals surface area (Å²) < 4.78 is 6.10. The van der Waals surface area contributed by atoms with Crippen LogP contribution in [-0.4, -0.2) is 18.3 Å². The highest BCUT2D eigenvalue weighted by atomic mass is 79.9. The molecule has 1 aromatic carbocycles. The van der Waals surface area contributed by atoms with Crippen LogP contribution in [0, 0.1) is 0 Å². The van der Waals surface area contributed by atoms with Gasteiger partial charge in [-0.1, -0.05) is 6.92 Å². The van der Waals surface area contributed by atoms with E-state index in [1.165, 1.54) is 0 Å². The fourth-order valence-electron chi connectivity index (χ4n) is 1.80. The van der Waals surface area contributed by atoms with Crippen LogP contribution in [0.4, 0.5) is 0 Å². The molecular weight excluding hydrogens is 258 g/mol. The first-order valence-corrected chi connectivity index (χ1v) is 5.81. The maximum absolute atomic E-state index is 9.98. The second kappa shape index (κ2) is 4.02. The average Bonchev–Trinajstić information content (AvgIpc) is 2.70. The van der Waals surface area contributed by atoms with Gasteiger partial charge in [-0.15, -0.1) is 0 Å². The van der Waals surface area contributed by atoms with Gasteiger partial charge >= 0.3 is 0 Å². The predicted molar refractivity (Wildman–Crippen MR) is 62.5 cm³/mol. The van der Waals surface area contributed by atoms with Crippen molar-refractivity contribution in [1.82, 2.24) is 0 Å². The lowest BCUT2D eigenvalue weighted by atomic mass is 9.97. The Hall–Kier alpha value is -0.740. The molecule has 4 heteroatoms. The third-order valence-electron chi connectivity index (χ3n) is 2.80. The molecule has 0 amide bonds. The minimum absolute atomic E-state index is 0.159. The van der Waals surface area contributed by atoms with Crippen LogP contribution in [0.3, 0.4) is 0 Å². The van der Waals surface area contributed by atoms with Gasteiger partial charge in [-0.3, -0.25) is 0 Å². The zero-order valence-corrected chi connectivity index (χ0v) is 10.2. The summed E-state index contributed by atoms with van der Waals surface area (Å²) in [6.07, 6.45) is 0.901. The molecule has 1 aliphatic heterocycles. The Balaban J connectivity index is 2.54. The summed E-state index contributed by atoms with van der Waals surface area (Å²) in [6.45, 7) is 3.22. The van der Waals surface area contributed by atoms with Gasteiger partial charge in [0.05, 0.1) is 6.61 Å². The fraction of sp³-hybridized carbons (Fsp3) is 0.455. The van der Waals surface area contributed by atoms with Crippen LogP contribution in [0.15, 0.2) is 10.5 Å². The number of hydrogen-bond donors (Lipinski definition) is 2. The average molecular weight is 272 g/mol. The van der Waals surface area contributed by atoms with Gasteiger partial charge in [-0.05, 0) is 45.6 Å². The quantitative estimate of drug-likeness (QED) is 0.867. The Kier molecular flexibility index (Phi) is 2.89. The van der Waals surface area contributed by atoms with Crippen LogP contribution in [0.5, 0.6) is 11.5 Å². The smallest absolute Gasteiger partial charge is 0.140 e. The van der Waals surface area contributed by atoms with Gasteiger partial charge in [-0.25, -0.2) is 0 Å². The summed E-state index contributed by atoms with van der Waals surface area (Å²) in [5, 5.41) is 9.98. The molecule has 0 saturated heterocycles. The van der Waals surface area contributed by atoms with Crippen molar-refractivity contribution in [3.63, 3.8) is 0 Å². The van der Waals surface area contributed by atoms with E-state index >= 15 is 0 Å². The van der Waals surface area contributed by atoms with E-state index in [1.54, 1.807) is 0 Å². The normalized spacial score (nSPS) is 15.9. The monoisotopic (exact) mass is 271 g/mol. The fourth-order valence-corrected chi connectivity index (χ4v) is 2.40. The summed E-state index contributed by atoms with van der Waals surface area (Å²) in [4.78, 5) is 0. The molecule has 0 aliphatic carbocycles. The minimum Gasteiger partial charge on any atom is -0.506 e. The standard InChI is InChI=1S/C11H14BrNO2/c1-6(5-13)8-4-7-2-3-15-11(7)9(12)10(8)14/h4,6,14H,2-3,5,13H2,1H3. The second-order valence-electron chi connectivity index (χ2n) is 3.85. The molecule has 2 rings (SSSR count). The van der Waals surface area contributed by atoms with Crippen LogP contribution in [0.1, 0.15) is 24.0 Å². The van der Waals surface area contributed by atoms with Crippen LogP contribution in [-0.2, 0) is 6.42 Å². The number of halogens is 1. The van der Waals surface area contributed by atoms with E-state index in [-0.39, 0.29) is 11.7 Å². The predicted octanol–water partition coefficient (Wildman–Crippen LogP) is 2.15. The summed E-state index contributed by atoms with van der Waals surface area (Å²) in [6, 6.07) is 2.00. The van der Waals surface area contributed by atoms with Crippen molar-refractivity contribution in [2.75, 3.05) is 13.2 Å². The van der Waals surface area contributed by atoms with Crippen molar-refractivity contribution in [3.8, 4) is 11.5 Å². The molecule has 1 atom stereocenters. The number of phenolic OH excluding ortho intramolecular Hbond substituents is 1. The van der Waals surface area contributed by atoms with Crippen molar-refractivity contribution in [3.05, 3.63) is 21.7 Å². The molecule has 3 N–H and O–H groups in total. The molecule has 0 fully saturated rings. The molecular formula is C11H14BrNO2. The van der Waals surface area contributed by atoms with E-state index in [0.29, 0.717) is 17.6 Å². The lowest BCUT2D eigenvalue weighted by molar-refractivity contribution is 0.351. The summed E-state index contributed by atoms with van der Waals surface area (Å²) in [5.74, 6) is 1.20. The van der Waals surface area contributed by atoms with Crippen molar-refractivity contribution >= 4 is 15.9 Å². The first-order valence-electron chi connectivity index (χ1n) is 5.02. The van der Waals surface area contributed by atoms with Crippen molar-refractivity contribution in [2.45, 2.75) is 19.3 Å². The first-order chi connectivity index (χ1) is 7.15. The van der Waals surface area contributed by atoms with Crippen LogP contribution in [0.25, 0.3) is 0 Å². The van der Waals surface area contributed by atoms with E-state index < -0.39 is 0 Å². The molecule has 0 spiro atoms. The molecule has 15 heavy (non-hydrogen) atoms. The Morgan fingerprint density at radius 2 is 2.40 bits per heavy atom. The van der Waals surface area contributed by atoms with Gasteiger partial charge in [-0.2, -0.15) is 0 Å². The zero-order chi connectivity index (χ0) is 11.0. The maximum atomic E-state index is 9.98. The Morgan fingerprint density at radius 3 is 3.07 bits per heavy atom. The number of rotatable bonds is 2. The van der Waals surface area contributed by atoms with E-state index in [1.807, 2.05) is 13.0 Å². The number of phenols is 1. The highest BCUT2D eigenvalue weighted by molar-refractivity contribution is 9.10. The SMILES string of the molecule is CC(CN)c1cc2c(c(Br)c1O)OCC2. The van der Waals surface area contributed by atoms with Gasteiger partial charge in [0.2, 0.25) is 0 Å². The van der Waals surface area contributed by atoms with Gasteiger partial charge in [0.1, 0.15) is 16.0 Å². The molecule has 0 bridgehead atoms. The topological polar surface area (TPSA) is 55.5 Å². The Labute approximate surface area is 97.4 Å². The number of nitrogens with two attached hydrogens (primary N) is 1. The van der Waals surface area contributed by atoms with Crippen molar-refractivity contribution < 1.29 is 9.84 Å². The van der Waals surface area contributed by atoms with Crippen LogP contribution in [0.2, 0.25) is 0 Å². The number of ether oxygens (including phenoxy) is 1. The third kappa shape index (κ3) is 1.72. The minimum atomic E-state index is 0.159. The van der Waals surface area contributed by atoms with Gasteiger partial charge in [0, 0.05) is 6.42 Å². The van der Waals surface area contributed by atoms with Crippen molar-refractivity contribution in [1.29, 1.82) is 0 Å². The van der Waals surface area contributed by atoms with Crippen LogP contribution < -0.4 is 10.5 Å². The zero-order valence-electron chi connectivity index (χ0n) is 8.59. The Bertz CT molecular complexity index is 393. The number of benzene rings is 1. The van der Waals surface area contributed by atoms with Gasteiger partial charge < -0.3 is 15.6 Å². The first kappa shape index (κ1) is 10.8. The number of aromatic hydroxyl groups is 1. The molecule has 1 aliphatic rings. The molecule has 1 aromatic rings. The number of fused-ring (bicyclic) bond motifs is 1. The highest BCUT2D eigenvalue weighted by Crippen LogP contribution is 2.44. The van der Waals surface area contributed by atoms with Crippen LogP contribution >= 0.6 is 15.9 Å². The second-order valence-corrected chi connectivity index (χ2v) is 4.64. The van der Waals surface area contributed by atoms with E-state index in [9.17, 15) is 5.11 Å². The molecule has 1 unspecified atom stereocenters.